The lowest BCUT2D eigenvalue weighted by Crippen LogP contribution is -2.54. The molecular weight excluding hydrogens is 514 g/mol. The Balaban J connectivity index is 1.63. The van der Waals surface area contributed by atoms with Crippen LogP contribution in [0.5, 0.6) is 0 Å². The molecule has 5 nitrogen and oxygen atoms in total. The number of nitrogens with zero attached hydrogens (tertiary/aromatic N) is 2. The summed E-state index contributed by atoms with van der Waals surface area (Å²) in [5.41, 5.74) is 5.28. The van der Waals surface area contributed by atoms with Gasteiger partial charge in [-0.2, -0.15) is 13.2 Å². The van der Waals surface area contributed by atoms with Gasteiger partial charge in [0, 0.05) is 29.6 Å². The molecule has 0 unspecified atom stereocenters. The molecule has 2 N–H and O–H groups in total. The van der Waals surface area contributed by atoms with Crippen molar-refractivity contribution in [1.29, 1.82) is 0 Å². The predicted octanol–water partition coefficient (Wildman–Crippen LogP) is 5.06. The van der Waals surface area contributed by atoms with Gasteiger partial charge in [0.1, 0.15) is 6.04 Å². The van der Waals surface area contributed by atoms with Crippen molar-refractivity contribution in [3.05, 3.63) is 69.2 Å². The molecule has 2 aromatic rings. The minimum Gasteiger partial charge on any atom is -0.368 e. The van der Waals surface area contributed by atoms with Crippen LogP contribution in [-0.4, -0.2) is 53.8 Å². The third-order valence-electron chi connectivity index (χ3n) is 7.14. The molecule has 2 amide bonds. The Bertz CT molecular complexity index is 1110. The summed E-state index contributed by atoms with van der Waals surface area (Å²) in [6.45, 7) is 2.68. The van der Waals surface area contributed by atoms with Crippen LogP contribution >= 0.6 is 23.2 Å². The van der Waals surface area contributed by atoms with Crippen molar-refractivity contribution < 1.29 is 22.8 Å². The number of amides is 2. The largest absolute Gasteiger partial charge is 0.416 e. The van der Waals surface area contributed by atoms with Crippen LogP contribution in [0.2, 0.25) is 10.0 Å². The van der Waals surface area contributed by atoms with Gasteiger partial charge in [-0.1, -0.05) is 41.4 Å². The van der Waals surface area contributed by atoms with Gasteiger partial charge in [0.2, 0.25) is 11.8 Å². The molecule has 36 heavy (non-hydrogen) atoms. The summed E-state index contributed by atoms with van der Waals surface area (Å²) in [5, 5.41) is 0.835. The van der Waals surface area contributed by atoms with Crippen molar-refractivity contribution in [2.24, 2.45) is 5.73 Å². The quantitative estimate of drug-likeness (QED) is 0.482. The summed E-state index contributed by atoms with van der Waals surface area (Å²) in [7, 11) is 0. The summed E-state index contributed by atoms with van der Waals surface area (Å²) >= 11 is 12.5. The highest BCUT2D eigenvalue weighted by atomic mass is 35.5. The van der Waals surface area contributed by atoms with Crippen LogP contribution in [0.4, 0.5) is 13.2 Å². The van der Waals surface area contributed by atoms with Crippen LogP contribution in [0.1, 0.15) is 42.4 Å². The summed E-state index contributed by atoms with van der Waals surface area (Å²) in [5.74, 6) is -0.954. The monoisotopic (exact) mass is 541 g/mol. The Labute approximate surface area is 218 Å². The van der Waals surface area contributed by atoms with Gasteiger partial charge in [-0.15, -0.1) is 0 Å². The molecule has 1 heterocycles. The molecule has 2 aromatic carbocycles. The maximum atomic E-state index is 14.1. The van der Waals surface area contributed by atoms with Gasteiger partial charge in [-0.05, 0) is 74.2 Å². The van der Waals surface area contributed by atoms with Gasteiger partial charge in [-0.3, -0.25) is 9.59 Å². The van der Waals surface area contributed by atoms with E-state index in [1.54, 1.807) is 18.2 Å². The van der Waals surface area contributed by atoms with E-state index in [1.165, 1.54) is 17.0 Å². The number of rotatable bonds is 9. The van der Waals surface area contributed by atoms with Crippen LogP contribution in [0, 0.1) is 0 Å². The Morgan fingerprint density at radius 2 is 1.69 bits per heavy atom. The first kappa shape index (κ1) is 26.8. The first-order valence-corrected chi connectivity index (χ1v) is 12.7. The van der Waals surface area contributed by atoms with Crippen molar-refractivity contribution in [3.63, 3.8) is 0 Å². The van der Waals surface area contributed by atoms with Gasteiger partial charge in [0.25, 0.3) is 0 Å². The van der Waals surface area contributed by atoms with Crippen molar-refractivity contribution in [2.45, 2.75) is 49.7 Å². The van der Waals surface area contributed by atoms with Crippen LogP contribution in [0.25, 0.3) is 0 Å². The lowest BCUT2D eigenvalue weighted by atomic mass is 9.92. The summed E-state index contributed by atoms with van der Waals surface area (Å²) in [4.78, 5) is 30.4. The Hall–Kier alpha value is -2.29. The van der Waals surface area contributed by atoms with Crippen molar-refractivity contribution in [3.8, 4) is 0 Å². The number of likely N-dealkylation sites (tertiary alicyclic amines) is 1. The second kappa shape index (κ2) is 10.6. The number of alkyl halides is 3. The molecule has 194 valence electrons. The summed E-state index contributed by atoms with van der Waals surface area (Å²) < 4.78 is 39.0. The molecule has 2 fully saturated rings. The average molecular weight is 542 g/mol. The topological polar surface area (TPSA) is 66.6 Å². The molecule has 4 rings (SSSR count). The Kier molecular flexibility index (Phi) is 7.88. The van der Waals surface area contributed by atoms with E-state index >= 15 is 0 Å². The molecule has 0 spiro atoms. The molecule has 10 heteroatoms. The highest BCUT2D eigenvalue weighted by molar-refractivity contribution is 6.35. The van der Waals surface area contributed by atoms with E-state index in [4.69, 9.17) is 28.9 Å². The van der Waals surface area contributed by atoms with Gasteiger partial charge in [0.15, 0.2) is 0 Å². The SMILES string of the molecule is NC(=O)[C@H](Cc1ccc(C(F)(F)F)cc1)N(CCN1CCCC1)C(=O)C1(c2ccc(Cl)cc2Cl)CC1. The molecule has 0 bridgehead atoms. The Morgan fingerprint density at radius 1 is 1.06 bits per heavy atom. The van der Waals surface area contributed by atoms with Crippen LogP contribution in [-0.2, 0) is 27.6 Å². The highest BCUT2D eigenvalue weighted by Gasteiger charge is 2.55. The maximum absolute atomic E-state index is 14.1. The lowest BCUT2D eigenvalue weighted by Gasteiger charge is -2.35. The highest BCUT2D eigenvalue weighted by Crippen LogP contribution is 2.52. The molecule has 1 aliphatic carbocycles. The van der Waals surface area contributed by atoms with E-state index in [-0.39, 0.29) is 18.9 Å². The number of primary amides is 1. The molecule has 1 saturated carbocycles. The van der Waals surface area contributed by atoms with E-state index in [0.29, 0.717) is 40.6 Å². The van der Waals surface area contributed by atoms with E-state index in [9.17, 15) is 22.8 Å². The third-order valence-corrected chi connectivity index (χ3v) is 7.69. The molecule has 1 saturated heterocycles. The van der Waals surface area contributed by atoms with Crippen LogP contribution < -0.4 is 5.73 Å². The van der Waals surface area contributed by atoms with E-state index in [0.717, 1.165) is 38.1 Å². The number of hydrogen-bond acceptors (Lipinski definition) is 3. The summed E-state index contributed by atoms with van der Waals surface area (Å²) in [6.07, 6.45) is -1.16. The van der Waals surface area contributed by atoms with E-state index in [2.05, 4.69) is 4.90 Å². The third kappa shape index (κ3) is 5.82. The van der Waals surface area contributed by atoms with Crippen molar-refractivity contribution in [2.75, 3.05) is 26.2 Å². The fraction of sp³-hybridized carbons (Fsp3) is 0.462. The number of carbonyl (C=O) groups is 2. The molecule has 1 atom stereocenters. The van der Waals surface area contributed by atoms with Gasteiger partial charge < -0.3 is 15.5 Å². The van der Waals surface area contributed by atoms with Gasteiger partial charge in [-0.25, -0.2) is 0 Å². The number of nitrogens with two attached hydrogens (primary N) is 1. The molecule has 0 radical (unpaired) electrons. The van der Waals surface area contributed by atoms with Gasteiger partial charge >= 0.3 is 6.18 Å². The second-order valence-electron chi connectivity index (χ2n) is 9.57. The zero-order valence-electron chi connectivity index (χ0n) is 19.7. The first-order valence-electron chi connectivity index (χ1n) is 12.0. The van der Waals surface area contributed by atoms with E-state index in [1.807, 2.05) is 0 Å². The van der Waals surface area contributed by atoms with Crippen LogP contribution in [0.3, 0.4) is 0 Å². The number of halogens is 5. The fourth-order valence-corrected chi connectivity index (χ4v) is 5.54. The zero-order valence-corrected chi connectivity index (χ0v) is 21.2. The molecular formula is C26H28Cl2F3N3O2. The molecule has 0 aromatic heterocycles. The minimum atomic E-state index is -4.46. The van der Waals surface area contributed by atoms with Crippen molar-refractivity contribution in [1.82, 2.24) is 9.80 Å². The number of carbonyl (C=O) groups excluding carboxylic acids is 2. The fourth-order valence-electron chi connectivity index (χ4n) is 4.95. The smallest absolute Gasteiger partial charge is 0.368 e. The minimum absolute atomic E-state index is 0.0175. The Morgan fingerprint density at radius 3 is 2.22 bits per heavy atom. The lowest BCUT2D eigenvalue weighted by molar-refractivity contribution is -0.141. The predicted molar refractivity (Wildman–Crippen MR) is 133 cm³/mol. The first-order chi connectivity index (χ1) is 17.0. The zero-order chi connectivity index (χ0) is 26.1. The summed E-state index contributed by atoms with van der Waals surface area (Å²) in [6, 6.07) is 8.59. The molecule has 1 aliphatic heterocycles. The number of hydrogen-bond donors (Lipinski definition) is 1. The maximum Gasteiger partial charge on any atom is 0.416 e. The van der Waals surface area contributed by atoms with Crippen molar-refractivity contribution >= 4 is 35.0 Å². The normalized spacial score (nSPS) is 18.1. The average Bonchev–Trinajstić information content (AvgIpc) is 3.44. The molecule has 2 aliphatic rings. The standard InChI is InChI=1S/C26H28Cl2F3N3O2/c27-19-7-8-20(21(28)16-19)25(9-10-25)24(36)34(14-13-33-11-1-2-12-33)22(23(32)35)15-17-3-5-18(6-4-17)26(29,30)31/h3-8,16,22H,1-2,9-15H2,(H2,32,35)/t22-/m0/s1. The van der Waals surface area contributed by atoms with Gasteiger partial charge in [0.05, 0.1) is 11.0 Å². The van der Waals surface area contributed by atoms with Crippen LogP contribution in [0.15, 0.2) is 42.5 Å². The van der Waals surface area contributed by atoms with E-state index < -0.39 is 29.1 Å². The number of benzene rings is 2. The second-order valence-corrected chi connectivity index (χ2v) is 10.4.